The molecule has 0 aliphatic carbocycles. The van der Waals surface area contributed by atoms with E-state index >= 15 is 0 Å². The summed E-state index contributed by atoms with van der Waals surface area (Å²) in [5.41, 5.74) is 4.98. The summed E-state index contributed by atoms with van der Waals surface area (Å²) in [5.74, 6) is 2.08. The van der Waals surface area contributed by atoms with E-state index in [-0.39, 0.29) is 5.82 Å². The predicted molar refractivity (Wildman–Crippen MR) is 111 cm³/mol. The number of aryl methyl sites for hydroxylation is 1. The predicted octanol–water partition coefficient (Wildman–Crippen LogP) is 3.57. The van der Waals surface area contributed by atoms with E-state index in [9.17, 15) is 4.39 Å². The third-order valence-electron chi connectivity index (χ3n) is 4.31. The van der Waals surface area contributed by atoms with Gasteiger partial charge in [0.25, 0.3) is 0 Å². The number of rotatable bonds is 7. The van der Waals surface area contributed by atoms with Gasteiger partial charge in [0.2, 0.25) is 0 Å². The number of ether oxygens (including phenoxy) is 1. The number of hydrogen-bond acceptors (Lipinski definition) is 4. The van der Waals surface area contributed by atoms with E-state index in [4.69, 9.17) is 4.74 Å². The Balaban J connectivity index is 2.02. The van der Waals surface area contributed by atoms with Crippen LogP contribution in [0.25, 0.3) is 0 Å². The van der Waals surface area contributed by atoms with Crippen molar-refractivity contribution in [3.63, 3.8) is 0 Å². The van der Waals surface area contributed by atoms with Crippen LogP contribution < -0.4 is 15.4 Å². The van der Waals surface area contributed by atoms with Gasteiger partial charge in [-0.05, 0) is 43.4 Å². The summed E-state index contributed by atoms with van der Waals surface area (Å²) >= 11 is 1.67. The fourth-order valence-corrected chi connectivity index (χ4v) is 3.45. The fraction of sp³-hybridized carbons (Fsp3) is 0.400. The Morgan fingerprint density at radius 1 is 1.22 bits per heavy atom. The Hall–Kier alpha value is -2.28. The molecule has 2 aromatic rings. The molecule has 0 saturated heterocycles. The molecule has 7 heteroatoms. The fourth-order valence-electron chi connectivity index (χ4n) is 2.87. The highest BCUT2D eigenvalue weighted by atomic mass is 32.2. The number of pyridine rings is 1. The number of hydrogen-bond donors (Lipinski definition) is 2. The number of methoxy groups -OCH3 is 1. The van der Waals surface area contributed by atoms with E-state index in [0.717, 1.165) is 39.5 Å². The maximum absolute atomic E-state index is 13.5. The molecule has 0 atom stereocenters. The monoisotopic (exact) mass is 390 g/mol. The molecule has 0 aliphatic heterocycles. The van der Waals surface area contributed by atoms with Crippen LogP contribution in [0.1, 0.15) is 27.9 Å². The molecule has 1 heterocycles. The van der Waals surface area contributed by atoms with Crippen molar-refractivity contribution in [3.8, 4) is 5.75 Å². The Morgan fingerprint density at radius 2 is 1.96 bits per heavy atom. The molecule has 0 fully saturated rings. The van der Waals surface area contributed by atoms with Crippen molar-refractivity contribution >= 4 is 17.7 Å². The van der Waals surface area contributed by atoms with Gasteiger partial charge in [0.05, 0.1) is 19.3 Å². The number of aromatic nitrogens is 1. The molecule has 0 aliphatic rings. The molecule has 0 saturated carbocycles. The topological polar surface area (TPSA) is 58.5 Å². The van der Waals surface area contributed by atoms with E-state index in [1.807, 2.05) is 32.4 Å². The summed E-state index contributed by atoms with van der Waals surface area (Å²) in [4.78, 5) is 8.75. The SMILES string of the molecule is CN=C(NCc1ccc(F)cc1CSC)NCc1ncc(C)c(OC)c1C. The second-order valence-corrected chi connectivity index (χ2v) is 7.04. The molecule has 0 radical (unpaired) electrons. The molecule has 27 heavy (non-hydrogen) atoms. The van der Waals surface area contributed by atoms with Gasteiger partial charge < -0.3 is 15.4 Å². The first kappa shape index (κ1) is 21.0. The van der Waals surface area contributed by atoms with Crippen LogP contribution in [0.4, 0.5) is 4.39 Å². The Kier molecular flexibility index (Phi) is 7.91. The van der Waals surface area contributed by atoms with E-state index < -0.39 is 0 Å². The van der Waals surface area contributed by atoms with Gasteiger partial charge in [0.15, 0.2) is 5.96 Å². The minimum Gasteiger partial charge on any atom is -0.496 e. The summed E-state index contributed by atoms with van der Waals surface area (Å²) < 4.78 is 18.9. The van der Waals surface area contributed by atoms with Crippen molar-refractivity contribution in [2.24, 2.45) is 4.99 Å². The van der Waals surface area contributed by atoms with Crippen molar-refractivity contribution in [1.82, 2.24) is 15.6 Å². The molecule has 0 amide bonds. The second kappa shape index (κ2) is 10.2. The van der Waals surface area contributed by atoms with E-state index in [2.05, 4.69) is 20.6 Å². The lowest BCUT2D eigenvalue weighted by molar-refractivity contribution is 0.406. The van der Waals surface area contributed by atoms with Crippen LogP contribution in [0.5, 0.6) is 5.75 Å². The van der Waals surface area contributed by atoms with Crippen molar-refractivity contribution in [3.05, 3.63) is 58.2 Å². The summed E-state index contributed by atoms with van der Waals surface area (Å²) in [6, 6.07) is 4.90. The van der Waals surface area contributed by atoms with Gasteiger partial charge in [0.1, 0.15) is 11.6 Å². The van der Waals surface area contributed by atoms with Crippen molar-refractivity contribution in [1.29, 1.82) is 0 Å². The molecule has 1 aromatic heterocycles. The third-order valence-corrected chi connectivity index (χ3v) is 4.91. The van der Waals surface area contributed by atoms with Crippen LogP contribution in [-0.4, -0.2) is 31.4 Å². The number of guanidine groups is 1. The number of nitrogens with zero attached hydrogens (tertiary/aromatic N) is 2. The molecule has 0 spiro atoms. The summed E-state index contributed by atoms with van der Waals surface area (Å²) in [5, 5.41) is 6.55. The molecule has 5 nitrogen and oxygen atoms in total. The number of nitrogens with one attached hydrogen (secondary N) is 2. The molecular formula is C20H27FN4OS. The summed E-state index contributed by atoms with van der Waals surface area (Å²) in [6.07, 6.45) is 3.82. The second-order valence-electron chi connectivity index (χ2n) is 6.17. The van der Waals surface area contributed by atoms with Gasteiger partial charge in [-0.3, -0.25) is 9.98 Å². The van der Waals surface area contributed by atoms with Crippen LogP contribution in [0.2, 0.25) is 0 Å². The quantitative estimate of drug-likeness (QED) is 0.559. The largest absolute Gasteiger partial charge is 0.496 e. The highest BCUT2D eigenvalue weighted by Gasteiger charge is 2.10. The van der Waals surface area contributed by atoms with Gasteiger partial charge >= 0.3 is 0 Å². The number of thioether (sulfide) groups is 1. The molecule has 2 N–H and O–H groups in total. The molecule has 0 unspecified atom stereocenters. The minimum atomic E-state index is -0.208. The summed E-state index contributed by atoms with van der Waals surface area (Å²) in [7, 11) is 3.39. The highest BCUT2D eigenvalue weighted by molar-refractivity contribution is 7.97. The Morgan fingerprint density at radius 3 is 2.63 bits per heavy atom. The maximum Gasteiger partial charge on any atom is 0.191 e. The van der Waals surface area contributed by atoms with Crippen molar-refractivity contribution < 1.29 is 9.13 Å². The number of aliphatic imine (C=N–C) groups is 1. The molecule has 0 bridgehead atoms. The minimum absolute atomic E-state index is 0.208. The zero-order valence-electron chi connectivity index (χ0n) is 16.5. The third kappa shape index (κ3) is 5.60. The molecule has 146 valence electrons. The van der Waals surface area contributed by atoms with Gasteiger partial charge in [0, 0.05) is 36.7 Å². The van der Waals surface area contributed by atoms with Crippen molar-refractivity contribution in [2.45, 2.75) is 32.7 Å². The van der Waals surface area contributed by atoms with Gasteiger partial charge in [-0.1, -0.05) is 6.07 Å². The van der Waals surface area contributed by atoms with E-state index in [0.29, 0.717) is 19.0 Å². The smallest absolute Gasteiger partial charge is 0.191 e. The lowest BCUT2D eigenvalue weighted by atomic mass is 10.1. The Labute approximate surface area is 164 Å². The van der Waals surface area contributed by atoms with Gasteiger partial charge in [-0.25, -0.2) is 4.39 Å². The van der Waals surface area contributed by atoms with Crippen LogP contribution in [0, 0.1) is 19.7 Å². The highest BCUT2D eigenvalue weighted by Crippen LogP contribution is 2.23. The summed E-state index contributed by atoms with van der Waals surface area (Å²) in [6.45, 7) is 5.08. The molecule has 2 rings (SSSR count). The van der Waals surface area contributed by atoms with E-state index in [1.165, 1.54) is 6.07 Å². The first-order valence-corrected chi connectivity index (χ1v) is 10.1. The van der Waals surface area contributed by atoms with Crippen molar-refractivity contribution in [2.75, 3.05) is 20.4 Å². The standard InChI is InChI=1S/C20H27FN4OS/c1-13-9-23-18(14(2)19(13)26-4)11-25-20(22-3)24-10-15-6-7-17(21)8-16(15)12-27-5/h6-9H,10-12H2,1-5H3,(H2,22,24,25). The number of benzene rings is 1. The van der Waals surface area contributed by atoms with Crippen LogP contribution in [-0.2, 0) is 18.8 Å². The average molecular weight is 391 g/mol. The van der Waals surface area contributed by atoms with E-state index in [1.54, 1.807) is 32.0 Å². The average Bonchev–Trinajstić information content (AvgIpc) is 2.65. The molecular weight excluding hydrogens is 363 g/mol. The van der Waals surface area contributed by atoms with Gasteiger partial charge in [-0.2, -0.15) is 11.8 Å². The first-order valence-electron chi connectivity index (χ1n) is 8.70. The van der Waals surface area contributed by atoms with Crippen LogP contribution in [0.15, 0.2) is 29.4 Å². The zero-order valence-corrected chi connectivity index (χ0v) is 17.3. The Bertz CT molecular complexity index is 811. The van der Waals surface area contributed by atoms with Crippen LogP contribution in [0.3, 0.4) is 0 Å². The lowest BCUT2D eigenvalue weighted by Crippen LogP contribution is -2.36. The first-order chi connectivity index (χ1) is 13.0. The number of halogens is 1. The normalized spacial score (nSPS) is 11.4. The molecule has 1 aromatic carbocycles. The zero-order chi connectivity index (χ0) is 19.8. The maximum atomic E-state index is 13.5. The van der Waals surface area contributed by atoms with Crippen LogP contribution >= 0.6 is 11.8 Å². The van der Waals surface area contributed by atoms with Gasteiger partial charge in [-0.15, -0.1) is 0 Å². The lowest BCUT2D eigenvalue weighted by Gasteiger charge is -2.16.